The van der Waals surface area contributed by atoms with Crippen LogP contribution in [0.4, 0.5) is 0 Å². The van der Waals surface area contributed by atoms with E-state index < -0.39 is 18.1 Å². The fourth-order valence-electron chi connectivity index (χ4n) is 7.43. The maximum atomic E-state index is 8.40. The number of pyridine rings is 1. The van der Waals surface area contributed by atoms with Crippen LogP contribution in [0.3, 0.4) is 0 Å². The third kappa shape index (κ3) is 5.34. The highest BCUT2D eigenvalue weighted by atomic mass is 16.5. The lowest BCUT2D eigenvalue weighted by Gasteiger charge is -2.20. The van der Waals surface area contributed by atoms with Gasteiger partial charge >= 0.3 is 0 Å². The predicted molar refractivity (Wildman–Crippen MR) is 218 cm³/mol. The smallest absolute Gasteiger partial charge is 0.268 e. The minimum Gasteiger partial charge on any atom is -0.458 e. The number of aromatic nitrogens is 5. The SMILES string of the molecule is [2H]c1c([2H])c([2H])c(-[n+]2[c-]n(-c3cccc(Oc4ccc5c6ccc(-n7c8ccccc8c8ccccc87)cc6n(-c6cc(C(C)(C)C)ccn6)c5c4)c3)cc2)c([2H])c1[2H]. The molecule has 10 aromatic rings. The number of imidazole rings is 1. The molecule has 0 saturated heterocycles. The van der Waals surface area contributed by atoms with E-state index in [1.807, 2.05) is 36.5 Å². The molecule has 54 heavy (non-hydrogen) atoms. The topological polar surface area (TPSA) is 40.8 Å². The van der Waals surface area contributed by atoms with E-state index in [0.29, 0.717) is 17.2 Å². The predicted octanol–water partition coefficient (Wildman–Crippen LogP) is 11.2. The first-order valence-corrected chi connectivity index (χ1v) is 17.9. The second kappa shape index (κ2) is 12.3. The monoisotopic (exact) mass is 704 g/mol. The lowest BCUT2D eigenvalue weighted by molar-refractivity contribution is -0.599. The van der Waals surface area contributed by atoms with Crippen LogP contribution in [0.1, 0.15) is 33.2 Å². The van der Waals surface area contributed by atoms with Crippen molar-refractivity contribution in [2.24, 2.45) is 0 Å². The quantitative estimate of drug-likeness (QED) is 0.128. The molecule has 4 aromatic heterocycles. The first-order valence-electron chi connectivity index (χ1n) is 20.4. The van der Waals surface area contributed by atoms with Crippen LogP contribution in [0.2, 0.25) is 0 Å². The van der Waals surface area contributed by atoms with Crippen LogP contribution in [0, 0.1) is 6.33 Å². The number of ether oxygens (including phenoxy) is 1. The molecule has 0 radical (unpaired) electrons. The Balaban J connectivity index is 1.09. The van der Waals surface area contributed by atoms with Gasteiger partial charge in [0.2, 0.25) is 0 Å². The molecule has 6 nitrogen and oxygen atoms in total. The number of hydrogen-bond acceptors (Lipinski definition) is 2. The fraction of sp³-hybridized carbons (Fsp3) is 0.0833. The Morgan fingerprint density at radius 2 is 1.31 bits per heavy atom. The van der Waals surface area contributed by atoms with Crippen LogP contribution in [0.15, 0.2) is 170 Å². The zero-order valence-corrected chi connectivity index (χ0v) is 29.9. The van der Waals surface area contributed by atoms with E-state index >= 15 is 0 Å². The Kier molecular flexibility index (Phi) is 6.13. The van der Waals surface area contributed by atoms with Crippen molar-refractivity contribution in [3.63, 3.8) is 0 Å². The number of hydrogen-bond donors (Lipinski definition) is 0. The highest BCUT2D eigenvalue weighted by Crippen LogP contribution is 2.39. The lowest BCUT2D eigenvalue weighted by Crippen LogP contribution is -2.27. The van der Waals surface area contributed by atoms with Crippen molar-refractivity contribution >= 4 is 43.6 Å². The number of fused-ring (bicyclic) bond motifs is 6. The van der Waals surface area contributed by atoms with Gasteiger partial charge < -0.3 is 9.30 Å². The highest BCUT2D eigenvalue weighted by molar-refractivity contribution is 6.12. The molecule has 6 heteroatoms. The third-order valence-corrected chi connectivity index (χ3v) is 10.0. The summed E-state index contributed by atoms with van der Waals surface area (Å²) < 4.78 is 55.2. The standard InChI is InChI=1S/C48H37N5O/c1-48(2,3)33-24-25-49-47(28-33)53-45-30-36(52-43-18-9-7-16-39(43)40-17-8-10-19-44(40)52)20-22-41(45)42-23-21-38(31-46(42)53)54-37-15-11-14-35(29-37)51-27-26-50(32-51)34-12-5-4-6-13-34/h4-31H,1-3H3/i4D,5D,6D,12D,13D. The summed E-state index contributed by atoms with van der Waals surface area (Å²) in [6.45, 7) is 6.62. The Hall–Kier alpha value is -6.92. The summed E-state index contributed by atoms with van der Waals surface area (Å²) in [7, 11) is 0. The molecule has 0 unspecified atom stereocenters. The van der Waals surface area contributed by atoms with Crippen molar-refractivity contribution < 1.29 is 16.2 Å². The molecule has 0 N–H and O–H groups in total. The molecule has 6 aromatic carbocycles. The molecule has 260 valence electrons. The van der Waals surface area contributed by atoms with E-state index in [0.717, 1.165) is 44.3 Å². The third-order valence-electron chi connectivity index (χ3n) is 10.0. The molecule has 0 aliphatic heterocycles. The molecule has 10 rings (SSSR count). The molecule has 0 aliphatic rings. The van der Waals surface area contributed by atoms with Crippen molar-refractivity contribution in [1.82, 2.24) is 18.7 Å². The molecular formula is C48H37N5O. The van der Waals surface area contributed by atoms with E-state index in [4.69, 9.17) is 16.6 Å². The molecular weight excluding hydrogens is 663 g/mol. The number of benzene rings is 6. The van der Waals surface area contributed by atoms with Gasteiger partial charge in [-0.05, 0) is 89.8 Å². The van der Waals surface area contributed by atoms with Crippen LogP contribution in [0.25, 0.3) is 66.5 Å². The van der Waals surface area contributed by atoms with Gasteiger partial charge in [0, 0.05) is 51.9 Å². The summed E-state index contributed by atoms with van der Waals surface area (Å²) in [4.78, 5) is 4.95. The Morgan fingerprint density at radius 3 is 2.07 bits per heavy atom. The van der Waals surface area contributed by atoms with Crippen LogP contribution >= 0.6 is 0 Å². The summed E-state index contributed by atoms with van der Waals surface area (Å²) in [6, 6.07) is 39.8. The van der Waals surface area contributed by atoms with Gasteiger partial charge in [-0.1, -0.05) is 87.4 Å². The van der Waals surface area contributed by atoms with Crippen LogP contribution in [0.5, 0.6) is 11.5 Å². The van der Waals surface area contributed by atoms with Gasteiger partial charge in [0.15, 0.2) is 0 Å². The minimum atomic E-state index is -0.439. The second-order valence-corrected chi connectivity index (χ2v) is 14.4. The van der Waals surface area contributed by atoms with Crippen molar-refractivity contribution in [1.29, 1.82) is 0 Å². The van der Waals surface area contributed by atoms with Gasteiger partial charge in [0.25, 0.3) is 6.33 Å². The summed E-state index contributed by atoms with van der Waals surface area (Å²) in [6.07, 6.45) is 8.32. The fourth-order valence-corrected chi connectivity index (χ4v) is 7.43. The van der Waals surface area contributed by atoms with Gasteiger partial charge in [-0.15, -0.1) is 0 Å². The van der Waals surface area contributed by atoms with Crippen molar-refractivity contribution in [3.8, 4) is 34.4 Å². The first-order chi connectivity index (χ1) is 28.5. The first kappa shape index (κ1) is 26.8. The van der Waals surface area contributed by atoms with Crippen molar-refractivity contribution in [3.05, 3.63) is 182 Å². The molecule has 4 heterocycles. The van der Waals surface area contributed by atoms with E-state index in [1.54, 1.807) is 17.0 Å². The van der Waals surface area contributed by atoms with Crippen LogP contribution in [-0.4, -0.2) is 18.7 Å². The molecule has 0 spiro atoms. The number of nitrogens with zero attached hydrogens (tertiary/aromatic N) is 5. The maximum absolute atomic E-state index is 8.40. The van der Waals surface area contributed by atoms with E-state index in [2.05, 4.69) is 127 Å². The molecule has 0 fully saturated rings. The average molecular weight is 705 g/mol. The molecule has 0 atom stereocenters. The summed E-state index contributed by atoms with van der Waals surface area (Å²) in [5.74, 6) is 2.04. The van der Waals surface area contributed by atoms with Gasteiger partial charge in [-0.3, -0.25) is 13.7 Å². The van der Waals surface area contributed by atoms with Crippen LogP contribution < -0.4 is 9.30 Å². The van der Waals surface area contributed by atoms with Gasteiger partial charge in [-0.25, -0.2) is 4.98 Å². The number of rotatable bonds is 6. The zero-order valence-electron chi connectivity index (χ0n) is 34.9. The largest absolute Gasteiger partial charge is 0.458 e. The molecule has 0 amide bonds. The average Bonchev–Trinajstić information content (AvgIpc) is 3.95. The van der Waals surface area contributed by atoms with Crippen LogP contribution in [-0.2, 0) is 5.41 Å². The second-order valence-electron chi connectivity index (χ2n) is 14.4. The summed E-state index contributed by atoms with van der Waals surface area (Å²) in [5, 5.41) is 4.57. The molecule has 0 bridgehead atoms. The van der Waals surface area contributed by atoms with Crippen molar-refractivity contribution in [2.45, 2.75) is 26.2 Å². The van der Waals surface area contributed by atoms with E-state index in [-0.39, 0.29) is 23.2 Å². The lowest BCUT2D eigenvalue weighted by atomic mass is 9.88. The van der Waals surface area contributed by atoms with E-state index in [9.17, 15) is 0 Å². The maximum Gasteiger partial charge on any atom is 0.268 e. The Labute approximate surface area is 320 Å². The normalized spacial score (nSPS) is 13.3. The summed E-state index contributed by atoms with van der Waals surface area (Å²) >= 11 is 0. The van der Waals surface area contributed by atoms with Crippen molar-refractivity contribution in [2.75, 3.05) is 0 Å². The van der Waals surface area contributed by atoms with Gasteiger partial charge in [-0.2, -0.15) is 0 Å². The molecule has 0 saturated carbocycles. The highest BCUT2D eigenvalue weighted by Gasteiger charge is 2.20. The summed E-state index contributed by atoms with van der Waals surface area (Å²) in [5.41, 5.74) is 7.13. The molecule has 0 aliphatic carbocycles. The minimum absolute atomic E-state index is 0.0237. The Morgan fingerprint density at radius 1 is 0.630 bits per heavy atom. The Bertz CT molecular complexity index is 3240. The van der Waals surface area contributed by atoms with Gasteiger partial charge in [0.05, 0.1) is 40.3 Å². The van der Waals surface area contributed by atoms with E-state index in [1.165, 1.54) is 20.9 Å². The zero-order chi connectivity index (χ0) is 40.7. The number of para-hydroxylation sites is 3. The van der Waals surface area contributed by atoms with Gasteiger partial charge in [0.1, 0.15) is 17.3 Å².